The van der Waals surface area contributed by atoms with Gasteiger partial charge in [-0.1, -0.05) is 23.7 Å². The Morgan fingerprint density at radius 2 is 1.97 bits per heavy atom. The highest BCUT2D eigenvalue weighted by Gasteiger charge is 2.47. The van der Waals surface area contributed by atoms with Crippen molar-refractivity contribution in [3.05, 3.63) is 94.3 Å². The van der Waals surface area contributed by atoms with E-state index >= 15 is 0 Å². The number of aliphatic hydroxyl groups is 1. The van der Waals surface area contributed by atoms with Gasteiger partial charge in [0.15, 0.2) is 0 Å². The van der Waals surface area contributed by atoms with E-state index in [-0.39, 0.29) is 11.3 Å². The van der Waals surface area contributed by atoms with Gasteiger partial charge in [-0.25, -0.2) is 0 Å². The van der Waals surface area contributed by atoms with Gasteiger partial charge in [0, 0.05) is 22.5 Å². The fourth-order valence-electron chi connectivity index (χ4n) is 4.21. The first-order valence-corrected chi connectivity index (χ1v) is 10.7. The van der Waals surface area contributed by atoms with Gasteiger partial charge in [-0.05, 0) is 66.9 Å². The minimum absolute atomic E-state index is 0.00893. The van der Waals surface area contributed by atoms with E-state index in [2.05, 4.69) is 4.98 Å². The molecule has 2 aliphatic rings. The first-order valence-electron chi connectivity index (χ1n) is 10.3. The van der Waals surface area contributed by atoms with E-state index in [0.29, 0.717) is 28.6 Å². The molecule has 3 aromatic rings. The minimum atomic E-state index is -0.887. The van der Waals surface area contributed by atoms with Gasteiger partial charge in [-0.2, -0.15) is 0 Å². The molecule has 2 aromatic carbocycles. The van der Waals surface area contributed by atoms with Gasteiger partial charge in [0.1, 0.15) is 17.6 Å². The zero-order valence-corrected chi connectivity index (χ0v) is 17.7. The van der Waals surface area contributed by atoms with E-state index in [1.54, 1.807) is 60.8 Å². The van der Waals surface area contributed by atoms with E-state index in [0.717, 1.165) is 24.2 Å². The molecular formula is C25H19ClN2O4. The Morgan fingerprint density at radius 3 is 2.75 bits per heavy atom. The SMILES string of the molecule is O=C1C(=O)N(c2cccc(Cl)c2)C(c2ccccn2)/C1=C(/O)c1ccc2c(c1)CCCO2. The maximum atomic E-state index is 13.2. The number of Topliss-reactive ketones (excluding diaryl/α,β-unsaturated/α-hetero) is 1. The van der Waals surface area contributed by atoms with Crippen molar-refractivity contribution in [1.29, 1.82) is 0 Å². The molecule has 0 spiro atoms. The van der Waals surface area contributed by atoms with Crippen LogP contribution in [0.15, 0.2) is 72.4 Å². The van der Waals surface area contributed by atoms with Gasteiger partial charge in [0.05, 0.1) is 17.9 Å². The molecule has 2 aliphatic heterocycles. The number of halogens is 1. The van der Waals surface area contributed by atoms with Crippen LogP contribution < -0.4 is 9.64 Å². The maximum Gasteiger partial charge on any atom is 0.300 e. The highest BCUT2D eigenvalue weighted by Crippen LogP contribution is 2.42. The molecule has 0 aliphatic carbocycles. The standard InChI is InChI=1S/C25H19ClN2O4/c26-17-6-3-7-18(14-17)28-22(19-8-1-2-11-27-19)21(24(30)25(28)31)23(29)16-9-10-20-15(13-16)5-4-12-32-20/h1-3,6-11,13-14,22,29H,4-5,12H2/b23-21-. The lowest BCUT2D eigenvalue weighted by molar-refractivity contribution is -0.132. The number of aryl methyl sites for hydroxylation is 1. The van der Waals surface area contributed by atoms with Crippen LogP contribution in [0.3, 0.4) is 0 Å². The Bertz CT molecular complexity index is 1260. The second-order valence-electron chi connectivity index (χ2n) is 7.68. The molecule has 1 unspecified atom stereocenters. The fraction of sp³-hybridized carbons (Fsp3) is 0.160. The third kappa shape index (κ3) is 3.42. The summed E-state index contributed by atoms with van der Waals surface area (Å²) in [4.78, 5) is 32.0. The van der Waals surface area contributed by atoms with Gasteiger partial charge >= 0.3 is 0 Å². The minimum Gasteiger partial charge on any atom is -0.507 e. The summed E-state index contributed by atoms with van der Waals surface area (Å²) in [5.74, 6) is -0.983. The normalized spacial score (nSPS) is 19.5. The molecule has 0 saturated carbocycles. The number of hydrogen-bond acceptors (Lipinski definition) is 5. The average molecular weight is 447 g/mol. The molecular weight excluding hydrogens is 428 g/mol. The van der Waals surface area contributed by atoms with Crippen LogP contribution in [0.25, 0.3) is 5.76 Å². The lowest BCUT2D eigenvalue weighted by Gasteiger charge is -2.25. The molecule has 6 nitrogen and oxygen atoms in total. The van der Waals surface area contributed by atoms with Crippen molar-refractivity contribution in [3.8, 4) is 5.75 Å². The number of carbonyl (C=O) groups excluding carboxylic acids is 2. The lowest BCUT2D eigenvalue weighted by atomic mass is 9.96. The van der Waals surface area contributed by atoms with Crippen LogP contribution in [0, 0.1) is 0 Å². The summed E-state index contributed by atoms with van der Waals surface area (Å²) < 4.78 is 5.65. The number of pyridine rings is 1. The number of aliphatic hydroxyl groups excluding tert-OH is 1. The fourth-order valence-corrected chi connectivity index (χ4v) is 4.39. The number of anilines is 1. The molecule has 1 saturated heterocycles. The Labute approximate surface area is 189 Å². The average Bonchev–Trinajstić information content (AvgIpc) is 3.09. The van der Waals surface area contributed by atoms with E-state index in [4.69, 9.17) is 16.3 Å². The van der Waals surface area contributed by atoms with Crippen LogP contribution in [-0.4, -0.2) is 28.4 Å². The van der Waals surface area contributed by atoms with Crippen molar-refractivity contribution in [2.45, 2.75) is 18.9 Å². The number of amides is 1. The Hall–Kier alpha value is -3.64. The van der Waals surface area contributed by atoms with Gasteiger partial charge in [0.25, 0.3) is 11.7 Å². The molecule has 0 bridgehead atoms. The lowest BCUT2D eigenvalue weighted by Crippen LogP contribution is -2.29. The topological polar surface area (TPSA) is 79.7 Å². The van der Waals surface area contributed by atoms with E-state index < -0.39 is 17.7 Å². The number of aromatic nitrogens is 1. The summed E-state index contributed by atoms with van der Waals surface area (Å²) >= 11 is 6.15. The van der Waals surface area contributed by atoms with Gasteiger partial charge in [-0.3, -0.25) is 19.5 Å². The molecule has 160 valence electrons. The van der Waals surface area contributed by atoms with Crippen molar-refractivity contribution >= 4 is 34.7 Å². The molecule has 32 heavy (non-hydrogen) atoms. The number of hydrogen-bond donors (Lipinski definition) is 1. The smallest absolute Gasteiger partial charge is 0.300 e. The molecule has 1 amide bonds. The molecule has 1 N–H and O–H groups in total. The summed E-state index contributed by atoms with van der Waals surface area (Å²) in [6.07, 6.45) is 3.28. The summed E-state index contributed by atoms with van der Waals surface area (Å²) in [6, 6.07) is 16.4. The highest BCUT2D eigenvalue weighted by atomic mass is 35.5. The molecule has 1 aromatic heterocycles. The van der Waals surface area contributed by atoms with Crippen molar-refractivity contribution < 1.29 is 19.4 Å². The van der Waals surface area contributed by atoms with Crippen molar-refractivity contribution in [2.24, 2.45) is 0 Å². The Kier molecular flexibility index (Phi) is 5.15. The number of fused-ring (bicyclic) bond motifs is 1. The first-order chi connectivity index (χ1) is 15.5. The van der Waals surface area contributed by atoms with E-state index in [1.165, 1.54) is 4.90 Å². The van der Waals surface area contributed by atoms with E-state index in [9.17, 15) is 14.7 Å². The summed E-state index contributed by atoms with van der Waals surface area (Å²) in [5.41, 5.74) is 2.33. The molecule has 5 rings (SSSR count). The van der Waals surface area contributed by atoms with Crippen molar-refractivity contribution in [3.63, 3.8) is 0 Å². The zero-order chi connectivity index (χ0) is 22.2. The summed E-state index contributed by atoms with van der Waals surface area (Å²) in [5, 5.41) is 11.7. The number of rotatable bonds is 3. The predicted molar refractivity (Wildman–Crippen MR) is 121 cm³/mol. The molecule has 7 heteroatoms. The van der Waals surface area contributed by atoms with Crippen LogP contribution in [0.1, 0.15) is 29.3 Å². The quantitative estimate of drug-likeness (QED) is 0.359. The Morgan fingerprint density at radius 1 is 1.09 bits per heavy atom. The Balaban J connectivity index is 1.69. The number of ether oxygens (including phenoxy) is 1. The number of ketones is 1. The molecule has 1 atom stereocenters. The van der Waals surface area contributed by atoms with Crippen LogP contribution in [-0.2, 0) is 16.0 Å². The number of benzene rings is 2. The number of nitrogens with zero attached hydrogens (tertiary/aromatic N) is 2. The largest absolute Gasteiger partial charge is 0.507 e. The molecule has 1 fully saturated rings. The monoisotopic (exact) mass is 446 g/mol. The summed E-state index contributed by atoms with van der Waals surface area (Å²) in [7, 11) is 0. The van der Waals surface area contributed by atoms with Crippen molar-refractivity contribution in [2.75, 3.05) is 11.5 Å². The third-order valence-electron chi connectivity index (χ3n) is 5.68. The van der Waals surface area contributed by atoms with Crippen LogP contribution in [0.2, 0.25) is 5.02 Å². The second-order valence-corrected chi connectivity index (χ2v) is 8.11. The van der Waals surface area contributed by atoms with Crippen LogP contribution >= 0.6 is 11.6 Å². The highest BCUT2D eigenvalue weighted by molar-refractivity contribution is 6.51. The maximum absolute atomic E-state index is 13.2. The second kappa shape index (κ2) is 8.13. The van der Waals surface area contributed by atoms with Gasteiger partial charge in [-0.15, -0.1) is 0 Å². The van der Waals surface area contributed by atoms with Crippen molar-refractivity contribution in [1.82, 2.24) is 4.98 Å². The number of carbonyl (C=O) groups is 2. The van der Waals surface area contributed by atoms with Gasteiger partial charge < -0.3 is 9.84 Å². The predicted octanol–water partition coefficient (Wildman–Crippen LogP) is 4.69. The molecule has 3 heterocycles. The van der Waals surface area contributed by atoms with Crippen LogP contribution in [0.4, 0.5) is 5.69 Å². The van der Waals surface area contributed by atoms with Gasteiger partial charge in [0.2, 0.25) is 0 Å². The third-order valence-corrected chi connectivity index (χ3v) is 5.92. The first kappa shape index (κ1) is 20.3. The van der Waals surface area contributed by atoms with Crippen LogP contribution in [0.5, 0.6) is 5.75 Å². The zero-order valence-electron chi connectivity index (χ0n) is 17.0. The molecule has 0 radical (unpaired) electrons. The van der Waals surface area contributed by atoms with E-state index in [1.807, 2.05) is 6.07 Å². The summed E-state index contributed by atoms with van der Waals surface area (Å²) in [6.45, 7) is 0.656.